The fourth-order valence-electron chi connectivity index (χ4n) is 2.44. The third kappa shape index (κ3) is 6.32. The van der Waals surface area contributed by atoms with Crippen LogP contribution in [-0.2, 0) is 0 Å². The fraction of sp³-hybridized carbons (Fsp3) is 0.200. The summed E-state index contributed by atoms with van der Waals surface area (Å²) >= 11 is 6.05. The number of anilines is 4. The van der Waals surface area contributed by atoms with E-state index in [4.69, 9.17) is 11.6 Å². The van der Waals surface area contributed by atoms with E-state index in [1.807, 2.05) is 32.0 Å². The van der Waals surface area contributed by atoms with Gasteiger partial charge >= 0.3 is 6.03 Å². The van der Waals surface area contributed by atoms with Crippen molar-refractivity contribution in [2.45, 2.75) is 13.8 Å². The molecule has 8 nitrogen and oxygen atoms in total. The smallest absolute Gasteiger partial charge is 0.319 e. The molecular formula is C20H22ClN7O. The lowest BCUT2D eigenvalue weighted by atomic mass is 10.2. The van der Waals surface area contributed by atoms with Crippen LogP contribution in [0.15, 0.2) is 48.7 Å². The van der Waals surface area contributed by atoms with Gasteiger partial charge < -0.3 is 21.3 Å². The molecule has 150 valence electrons. The van der Waals surface area contributed by atoms with Crippen molar-refractivity contribution in [3.63, 3.8) is 0 Å². The summed E-state index contributed by atoms with van der Waals surface area (Å²) in [6, 6.07) is 12.5. The number of rotatable bonds is 7. The maximum absolute atomic E-state index is 11.9. The summed E-state index contributed by atoms with van der Waals surface area (Å²) in [6.45, 7) is 4.82. The first-order valence-corrected chi connectivity index (χ1v) is 9.46. The monoisotopic (exact) mass is 411 g/mol. The maximum Gasteiger partial charge on any atom is 0.319 e. The molecule has 4 N–H and O–H groups in total. The molecule has 3 rings (SSSR count). The van der Waals surface area contributed by atoms with E-state index in [-0.39, 0.29) is 6.03 Å². The van der Waals surface area contributed by atoms with Gasteiger partial charge in [0.25, 0.3) is 0 Å². The molecule has 0 bridgehead atoms. The van der Waals surface area contributed by atoms with Gasteiger partial charge in [0.1, 0.15) is 11.6 Å². The second-order valence-electron chi connectivity index (χ2n) is 6.42. The molecule has 0 aliphatic rings. The number of carbonyl (C=O) groups excluding carboxylic acids is 1. The number of halogens is 1. The Morgan fingerprint density at radius 3 is 2.48 bits per heavy atom. The molecule has 0 radical (unpaired) electrons. The Kier molecular flexibility index (Phi) is 6.80. The average molecular weight is 412 g/mol. The van der Waals surface area contributed by atoms with Crippen LogP contribution in [0.25, 0.3) is 0 Å². The van der Waals surface area contributed by atoms with Crippen LogP contribution < -0.4 is 21.3 Å². The third-order valence-electron chi connectivity index (χ3n) is 3.98. The van der Waals surface area contributed by atoms with Crippen LogP contribution in [0.2, 0.25) is 5.02 Å². The molecule has 0 fully saturated rings. The molecule has 0 atom stereocenters. The first-order valence-electron chi connectivity index (χ1n) is 9.08. The van der Waals surface area contributed by atoms with Crippen LogP contribution in [0.3, 0.4) is 0 Å². The lowest BCUT2D eigenvalue weighted by Gasteiger charge is -2.10. The second-order valence-corrected chi connectivity index (χ2v) is 6.83. The van der Waals surface area contributed by atoms with Crippen molar-refractivity contribution in [3.05, 3.63) is 64.8 Å². The van der Waals surface area contributed by atoms with E-state index in [1.165, 1.54) is 0 Å². The van der Waals surface area contributed by atoms with E-state index in [9.17, 15) is 4.79 Å². The second kappa shape index (κ2) is 9.70. The van der Waals surface area contributed by atoms with E-state index in [1.54, 1.807) is 30.5 Å². The number of hydrogen-bond donors (Lipinski definition) is 4. The fourth-order valence-corrected chi connectivity index (χ4v) is 2.62. The van der Waals surface area contributed by atoms with Crippen molar-refractivity contribution >= 4 is 40.8 Å². The lowest BCUT2D eigenvalue weighted by molar-refractivity contribution is 0.252. The van der Waals surface area contributed by atoms with Crippen molar-refractivity contribution in [2.75, 3.05) is 29.0 Å². The molecule has 0 aliphatic carbocycles. The average Bonchev–Trinajstić information content (AvgIpc) is 2.69. The molecule has 2 heterocycles. The van der Waals surface area contributed by atoms with E-state index in [0.29, 0.717) is 41.3 Å². The van der Waals surface area contributed by atoms with Crippen molar-refractivity contribution in [3.8, 4) is 0 Å². The summed E-state index contributed by atoms with van der Waals surface area (Å²) in [5.41, 5.74) is 2.71. The number of aromatic nitrogens is 3. The molecule has 0 saturated carbocycles. The number of nitrogens with one attached hydrogen (secondary N) is 4. The zero-order chi connectivity index (χ0) is 20.6. The molecular weight excluding hydrogens is 390 g/mol. The van der Waals surface area contributed by atoms with E-state index in [0.717, 1.165) is 11.1 Å². The van der Waals surface area contributed by atoms with Gasteiger partial charge in [-0.15, -0.1) is 10.2 Å². The molecule has 0 spiro atoms. The summed E-state index contributed by atoms with van der Waals surface area (Å²) in [4.78, 5) is 16.2. The number of carbonyl (C=O) groups is 1. The zero-order valence-electron chi connectivity index (χ0n) is 16.2. The Labute approximate surface area is 174 Å². The number of benzene rings is 1. The predicted octanol–water partition coefficient (Wildman–Crippen LogP) is 4.12. The SMILES string of the molecule is Cc1ccnc(Nc2ccc(NCCNC(=O)Nc3ccc(C)c(Cl)c3)nn2)c1. The Balaban J connectivity index is 1.40. The maximum atomic E-state index is 11.9. The van der Waals surface area contributed by atoms with Crippen LogP contribution in [0.4, 0.5) is 27.9 Å². The molecule has 29 heavy (non-hydrogen) atoms. The zero-order valence-corrected chi connectivity index (χ0v) is 16.9. The predicted molar refractivity (Wildman–Crippen MR) is 116 cm³/mol. The van der Waals surface area contributed by atoms with E-state index >= 15 is 0 Å². The summed E-state index contributed by atoms with van der Waals surface area (Å²) in [7, 11) is 0. The standard InChI is InChI=1S/C20H22ClN7O/c1-13-7-8-22-19(11-13)26-18-6-5-17(27-28-18)23-9-10-24-20(29)25-15-4-3-14(2)16(21)12-15/h3-8,11-12H,9-10H2,1-2H3,(H,23,27)(H,22,26,28)(H2,24,25,29). The highest BCUT2D eigenvalue weighted by Crippen LogP contribution is 2.19. The Hall–Kier alpha value is -3.39. The summed E-state index contributed by atoms with van der Waals surface area (Å²) in [6.07, 6.45) is 1.73. The molecule has 1 aromatic carbocycles. The van der Waals surface area contributed by atoms with Crippen molar-refractivity contribution in [1.82, 2.24) is 20.5 Å². The van der Waals surface area contributed by atoms with Gasteiger partial charge in [0.05, 0.1) is 0 Å². The highest BCUT2D eigenvalue weighted by Gasteiger charge is 2.04. The highest BCUT2D eigenvalue weighted by atomic mass is 35.5. The number of pyridine rings is 1. The number of hydrogen-bond acceptors (Lipinski definition) is 6. The van der Waals surface area contributed by atoms with Crippen LogP contribution in [-0.4, -0.2) is 34.3 Å². The van der Waals surface area contributed by atoms with Crippen molar-refractivity contribution in [1.29, 1.82) is 0 Å². The largest absolute Gasteiger partial charge is 0.367 e. The first kappa shape index (κ1) is 20.3. The molecule has 0 aliphatic heterocycles. The Bertz CT molecular complexity index is 979. The lowest BCUT2D eigenvalue weighted by Crippen LogP contribution is -2.32. The molecule has 2 aromatic heterocycles. The number of urea groups is 1. The topological polar surface area (TPSA) is 104 Å². The molecule has 3 aromatic rings. The minimum Gasteiger partial charge on any atom is -0.367 e. The quantitative estimate of drug-likeness (QED) is 0.436. The first-order chi connectivity index (χ1) is 14.0. The summed E-state index contributed by atoms with van der Waals surface area (Å²) in [5, 5.41) is 20.5. The van der Waals surface area contributed by atoms with E-state index in [2.05, 4.69) is 36.4 Å². The van der Waals surface area contributed by atoms with Gasteiger partial charge in [-0.1, -0.05) is 17.7 Å². The van der Waals surface area contributed by atoms with Crippen LogP contribution in [0.1, 0.15) is 11.1 Å². The molecule has 9 heteroatoms. The summed E-state index contributed by atoms with van der Waals surface area (Å²) < 4.78 is 0. The van der Waals surface area contributed by atoms with Crippen molar-refractivity contribution < 1.29 is 4.79 Å². The minimum atomic E-state index is -0.303. The van der Waals surface area contributed by atoms with Crippen LogP contribution >= 0.6 is 11.6 Å². The number of amides is 2. The minimum absolute atomic E-state index is 0.303. The Morgan fingerprint density at radius 1 is 0.966 bits per heavy atom. The van der Waals surface area contributed by atoms with Gasteiger partial charge in [0, 0.05) is 30.0 Å². The summed E-state index contributed by atoms with van der Waals surface area (Å²) in [5.74, 6) is 1.92. The van der Waals surface area contributed by atoms with Gasteiger partial charge in [-0.2, -0.15) is 0 Å². The molecule has 2 amide bonds. The number of nitrogens with zero attached hydrogens (tertiary/aromatic N) is 3. The van der Waals surface area contributed by atoms with Gasteiger partial charge in [-0.05, 0) is 61.4 Å². The molecule has 0 unspecified atom stereocenters. The van der Waals surface area contributed by atoms with Crippen LogP contribution in [0.5, 0.6) is 0 Å². The third-order valence-corrected chi connectivity index (χ3v) is 4.39. The normalized spacial score (nSPS) is 10.3. The molecule has 0 saturated heterocycles. The Morgan fingerprint density at radius 2 is 1.76 bits per heavy atom. The van der Waals surface area contributed by atoms with Gasteiger partial charge in [-0.3, -0.25) is 0 Å². The van der Waals surface area contributed by atoms with Crippen molar-refractivity contribution in [2.24, 2.45) is 0 Å². The number of aryl methyl sites for hydroxylation is 2. The van der Waals surface area contributed by atoms with Gasteiger partial charge in [0.2, 0.25) is 0 Å². The van der Waals surface area contributed by atoms with E-state index < -0.39 is 0 Å². The highest BCUT2D eigenvalue weighted by molar-refractivity contribution is 6.31. The van der Waals surface area contributed by atoms with Gasteiger partial charge in [-0.25, -0.2) is 9.78 Å². The van der Waals surface area contributed by atoms with Gasteiger partial charge in [0.15, 0.2) is 5.82 Å². The van der Waals surface area contributed by atoms with Crippen LogP contribution in [0, 0.1) is 13.8 Å².